The molecule has 22 heavy (non-hydrogen) atoms. The molecule has 5 nitrogen and oxygen atoms in total. The van der Waals surface area contributed by atoms with Gasteiger partial charge in [-0.1, -0.05) is 34.4 Å². The van der Waals surface area contributed by atoms with Gasteiger partial charge in [-0.25, -0.2) is 0 Å². The molecule has 1 heterocycles. The maximum atomic E-state index is 11.6. The molecule has 0 bridgehead atoms. The second kappa shape index (κ2) is 13.1. The van der Waals surface area contributed by atoms with Crippen molar-refractivity contribution in [1.29, 1.82) is 0 Å². The Kier molecular flexibility index (Phi) is 11.7. The number of ether oxygens (including phenoxy) is 2. The van der Waals surface area contributed by atoms with Gasteiger partial charge in [0.2, 0.25) is 0 Å². The first-order valence-electron chi connectivity index (χ1n) is 7.92. The van der Waals surface area contributed by atoms with E-state index in [1.807, 2.05) is 21.6 Å². The highest BCUT2D eigenvalue weighted by Crippen LogP contribution is 2.24. The van der Waals surface area contributed by atoms with Gasteiger partial charge >= 0.3 is 11.9 Å². The fourth-order valence-corrected chi connectivity index (χ4v) is 4.25. The number of aliphatic hydroxyl groups is 1. The van der Waals surface area contributed by atoms with Crippen LogP contribution in [0, 0.1) is 0 Å². The molecule has 1 aliphatic heterocycles. The third-order valence-electron chi connectivity index (χ3n) is 3.23. The largest absolute Gasteiger partial charge is 0.462 e. The standard InChI is InChI=1S/C15H26O5S2/c16-11-13-12-19-14(17)7-3-1-5-9-21-22-10-6-2-4-8-15(18)20-13/h13,16H,1-12H2. The van der Waals surface area contributed by atoms with Crippen molar-refractivity contribution in [2.45, 2.75) is 57.5 Å². The summed E-state index contributed by atoms with van der Waals surface area (Å²) < 4.78 is 10.2. The Labute approximate surface area is 140 Å². The van der Waals surface area contributed by atoms with Crippen LogP contribution in [0.15, 0.2) is 0 Å². The molecule has 0 spiro atoms. The second-order valence-corrected chi connectivity index (χ2v) is 7.94. The molecule has 7 heteroatoms. The molecule has 0 aromatic carbocycles. The summed E-state index contributed by atoms with van der Waals surface area (Å²) >= 11 is 0. The lowest BCUT2D eigenvalue weighted by atomic mass is 10.2. The molecule has 1 aliphatic rings. The van der Waals surface area contributed by atoms with E-state index < -0.39 is 6.10 Å². The summed E-state index contributed by atoms with van der Waals surface area (Å²) in [5, 5.41) is 9.18. The predicted molar refractivity (Wildman–Crippen MR) is 89.8 cm³/mol. The van der Waals surface area contributed by atoms with Crippen molar-refractivity contribution in [3.8, 4) is 0 Å². The van der Waals surface area contributed by atoms with E-state index in [0.717, 1.165) is 50.0 Å². The van der Waals surface area contributed by atoms with Crippen LogP contribution in [-0.4, -0.2) is 47.9 Å². The molecule has 1 saturated heterocycles. The van der Waals surface area contributed by atoms with Gasteiger partial charge in [-0.2, -0.15) is 0 Å². The summed E-state index contributed by atoms with van der Waals surface area (Å²) in [6, 6.07) is 0. The molecule has 1 fully saturated rings. The quantitative estimate of drug-likeness (QED) is 0.576. The number of hydrogen-bond donors (Lipinski definition) is 1. The smallest absolute Gasteiger partial charge is 0.306 e. The molecule has 0 aliphatic carbocycles. The Bertz CT molecular complexity index is 325. The summed E-state index contributed by atoms with van der Waals surface area (Å²) in [6.07, 6.45) is 5.82. The monoisotopic (exact) mass is 350 g/mol. The molecule has 0 saturated carbocycles. The maximum Gasteiger partial charge on any atom is 0.306 e. The zero-order chi connectivity index (χ0) is 16.0. The van der Waals surface area contributed by atoms with E-state index in [9.17, 15) is 14.7 Å². The van der Waals surface area contributed by atoms with Crippen molar-refractivity contribution in [3.05, 3.63) is 0 Å². The first-order chi connectivity index (χ1) is 10.7. The number of carbonyl (C=O) groups is 2. The molecule has 1 atom stereocenters. The number of cyclic esters (lactones) is 2. The van der Waals surface area contributed by atoms with Gasteiger partial charge in [-0.3, -0.25) is 9.59 Å². The van der Waals surface area contributed by atoms with Crippen molar-refractivity contribution >= 4 is 33.5 Å². The molecular formula is C15H26O5S2. The average Bonchev–Trinajstić information content (AvgIpc) is 2.51. The van der Waals surface area contributed by atoms with E-state index in [0.29, 0.717) is 12.8 Å². The van der Waals surface area contributed by atoms with Crippen LogP contribution in [0.3, 0.4) is 0 Å². The highest BCUT2D eigenvalue weighted by atomic mass is 33.1. The fraction of sp³-hybridized carbons (Fsp3) is 0.867. The Morgan fingerprint density at radius 1 is 0.909 bits per heavy atom. The Morgan fingerprint density at radius 3 is 2.09 bits per heavy atom. The molecule has 0 aromatic heterocycles. The summed E-state index contributed by atoms with van der Waals surface area (Å²) in [5.74, 6) is 1.58. The van der Waals surface area contributed by atoms with Crippen LogP contribution in [-0.2, 0) is 19.1 Å². The summed E-state index contributed by atoms with van der Waals surface area (Å²) in [5.41, 5.74) is 0. The van der Waals surface area contributed by atoms with E-state index >= 15 is 0 Å². The zero-order valence-electron chi connectivity index (χ0n) is 13.0. The van der Waals surface area contributed by atoms with Gasteiger partial charge in [-0.15, -0.1) is 0 Å². The van der Waals surface area contributed by atoms with Crippen LogP contribution in [0.2, 0.25) is 0 Å². The van der Waals surface area contributed by atoms with E-state index in [2.05, 4.69) is 0 Å². The third kappa shape index (κ3) is 10.3. The fourth-order valence-electron chi connectivity index (χ4n) is 1.96. The first kappa shape index (κ1) is 19.6. The number of aliphatic hydroxyl groups excluding tert-OH is 1. The highest BCUT2D eigenvalue weighted by molar-refractivity contribution is 8.76. The Hall–Kier alpha value is -0.400. The summed E-state index contributed by atoms with van der Waals surface area (Å²) in [6.45, 7) is -0.388. The van der Waals surface area contributed by atoms with Crippen LogP contribution >= 0.6 is 21.6 Å². The number of carbonyl (C=O) groups excluding carboxylic acids is 2. The lowest BCUT2D eigenvalue weighted by Crippen LogP contribution is -2.28. The maximum absolute atomic E-state index is 11.6. The van der Waals surface area contributed by atoms with Crippen molar-refractivity contribution in [2.75, 3.05) is 24.7 Å². The van der Waals surface area contributed by atoms with Crippen molar-refractivity contribution in [1.82, 2.24) is 0 Å². The Morgan fingerprint density at radius 2 is 1.50 bits per heavy atom. The molecular weight excluding hydrogens is 324 g/mol. The minimum atomic E-state index is -0.748. The number of hydrogen-bond acceptors (Lipinski definition) is 7. The SMILES string of the molecule is O=C1CCCCCSSCCCCCC(=O)OC(CO)CO1. The van der Waals surface area contributed by atoms with Crippen LogP contribution in [0.5, 0.6) is 0 Å². The lowest BCUT2D eigenvalue weighted by Gasteiger charge is -2.16. The van der Waals surface area contributed by atoms with Crippen LogP contribution in [0.25, 0.3) is 0 Å². The molecule has 1 N–H and O–H groups in total. The highest BCUT2D eigenvalue weighted by Gasteiger charge is 2.16. The average molecular weight is 351 g/mol. The van der Waals surface area contributed by atoms with E-state index in [1.165, 1.54) is 0 Å². The summed E-state index contributed by atoms with van der Waals surface area (Å²) in [7, 11) is 3.76. The van der Waals surface area contributed by atoms with Gasteiger partial charge in [0, 0.05) is 24.3 Å². The van der Waals surface area contributed by atoms with Crippen LogP contribution < -0.4 is 0 Å². The first-order valence-corrected chi connectivity index (χ1v) is 10.4. The lowest BCUT2D eigenvalue weighted by molar-refractivity contribution is -0.161. The van der Waals surface area contributed by atoms with Gasteiger partial charge in [0.25, 0.3) is 0 Å². The predicted octanol–water partition coefficient (Wildman–Crippen LogP) is 2.95. The molecule has 0 amide bonds. The van der Waals surface area contributed by atoms with Gasteiger partial charge in [-0.05, 0) is 25.7 Å². The van der Waals surface area contributed by atoms with E-state index in [-0.39, 0.29) is 25.2 Å². The molecule has 0 aromatic rings. The van der Waals surface area contributed by atoms with Crippen molar-refractivity contribution < 1.29 is 24.2 Å². The number of rotatable bonds is 1. The second-order valence-electron chi connectivity index (χ2n) is 5.24. The zero-order valence-corrected chi connectivity index (χ0v) is 14.6. The van der Waals surface area contributed by atoms with Gasteiger partial charge < -0.3 is 14.6 Å². The van der Waals surface area contributed by atoms with E-state index in [4.69, 9.17) is 9.47 Å². The molecule has 0 radical (unpaired) electrons. The summed E-state index contributed by atoms with van der Waals surface area (Å²) in [4.78, 5) is 23.2. The van der Waals surface area contributed by atoms with Crippen LogP contribution in [0.4, 0.5) is 0 Å². The normalized spacial score (nSPS) is 24.7. The van der Waals surface area contributed by atoms with Gasteiger partial charge in [0.15, 0.2) is 6.10 Å². The van der Waals surface area contributed by atoms with Crippen molar-refractivity contribution in [2.24, 2.45) is 0 Å². The topological polar surface area (TPSA) is 72.8 Å². The molecule has 1 unspecified atom stereocenters. The number of esters is 2. The van der Waals surface area contributed by atoms with Crippen molar-refractivity contribution in [3.63, 3.8) is 0 Å². The minimum absolute atomic E-state index is 0.0619. The molecule has 1 rings (SSSR count). The van der Waals surface area contributed by atoms with Gasteiger partial charge in [0.05, 0.1) is 6.61 Å². The Balaban J connectivity index is 2.36. The third-order valence-corrected chi connectivity index (χ3v) is 5.81. The van der Waals surface area contributed by atoms with E-state index in [1.54, 1.807) is 0 Å². The van der Waals surface area contributed by atoms with Gasteiger partial charge in [0.1, 0.15) is 6.61 Å². The van der Waals surface area contributed by atoms with Crippen LogP contribution in [0.1, 0.15) is 51.4 Å². The minimum Gasteiger partial charge on any atom is -0.462 e. The molecule has 128 valence electrons.